The lowest BCUT2D eigenvalue weighted by Crippen LogP contribution is -2.47. The molecule has 0 saturated heterocycles. The molecule has 1 aromatic rings. The van der Waals surface area contributed by atoms with Gasteiger partial charge in [0.1, 0.15) is 11.9 Å². The molecule has 4 nitrogen and oxygen atoms in total. The van der Waals surface area contributed by atoms with Crippen molar-refractivity contribution in [2.45, 2.75) is 39.3 Å². The molecule has 0 saturated carbocycles. The van der Waals surface area contributed by atoms with E-state index in [4.69, 9.17) is 22.1 Å². The van der Waals surface area contributed by atoms with Gasteiger partial charge in [0.25, 0.3) is 0 Å². The Balaban J connectivity index is 2.56. The number of fused-ring (bicyclic) bond motifs is 1. The first-order chi connectivity index (χ1) is 9.61. The van der Waals surface area contributed by atoms with E-state index in [2.05, 4.69) is 20.8 Å². The van der Waals surface area contributed by atoms with Crippen molar-refractivity contribution in [2.75, 3.05) is 11.9 Å². The Morgan fingerprint density at radius 1 is 1.48 bits per heavy atom. The zero-order valence-corrected chi connectivity index (χ0v) is 13.4. The molecule has 0 radical (unpaired) electrons. The van der Waals surface area contributed by atoms with Crippen LogP contribution in [0.2, 0.25) is 5.02 Å². The highest BCUT2D eigenvalue weighted by Gasteiger charge is 2.40. The summed E-state index contributed by atoms with van der Waals surface area (Å²) in [6.45, 7) is 6.19. The van der Waals surface area contributed by atoms with Gasteiger partial charge in [-0.05, 0) is 17.5 Å². The molecule has 2 unspecified atom stereocenters. The summed E-state index contributed by atoms with van der Waals surface area (Å²) in [5, 5.41) is 0.270. The highest BCUT2D eigenvalue weighted by Crippen LogP contribution is 2.45. The van der Waals surface area contributed by atoms with Crippen LogP contribution in [0, 0.1) is 11.2 Å². The van der Waals surface area contributed by atoms with Crippen LogP contribution in [0.15, 0.2) is 12.1 Å². The fourth-order valence-corrected chi connectivity index (χ4v) is 3.25. The monoisotopic (exact) mass is 314 g/mol. The number of amides is 1. The first-order valence-corrected chi connectivity index (χ1v) is 7.17. The minimum atomic E-state index is -0.872. The van der Waals surface area contributed by atoms with Crippen LogP contribution in [-0.2, 0) is 4.74 Å². The summed E-state index contributed by atoms with van der Waals surface area (Å²) in [6, 6.07) is 2.90. The molecule has 2 atom stereocenters. The topological polar surface area (TPSA) is 55.6 Å². The van der Waals surface area contributed by atoms with E-state index in [1.807, 2.05) is 11.9 Å². The number of hydrogen-bond donors (Lipinski definition) is 1. The highest BCUT2D eigenvalue weighted by atomic mass is 35.5. The van der Waals surface area contributed by atoms with E-state index >= 15 is 0 Å². The summed E-state index contributed by atoms with van der Waals surface area (Å²) in [7, 11) is 1.84. The fraction of sp³-hybridized carbons (Fsp3) is 0.533. The maximum absolute atomic E-state index is 14.4. The van der Waals surface area contributed by atoms with Crippen LogP contribution in [0.5, 0.6) is 0 Å². The van der Waals surface area contributed by atoms with Gasteiger partial charge < -0.3 is 15.4 Å². The summed E-state index contributed by atoms with van der Waals surface area (Å²) in [5.74, 6) is -0.424. The van der Waals surface area contributed by atoms with Crippen LogP contribution >= 0.6 is 11.6 Å². The minimum Gasteiger partial charge on any atom is -0.441 e. The standard InChI is InChI=1S/C15H20ClFN2O2/c1-15(2,3)12-7-11(21-14(18)20)9-5-8(16)6-10(17)13(9)19(12)4/h5-6,11-12H,7H2,1-4H3,(H2,18,20). The highest BCUT2D eigenvalue weighted by molar-refractivity contribution is 6.30. The molecule has 2 N–H and O–H groups in total. The van der Waals surface area contributed by atoms with Crippen molar-refractivity contribution in [1.82, 2.24) is 0 Å². The molecular weight excluding hydrogens is 295 g/mol. The number of hydrogen-bond acceptors (Lipinski definition) is 3. The van der Waals surface area contributed by atoms with Gasteiger partial charge in [0.2, 0.25) is 0 Å². The fourth-order valence-electron chi connectivity index (χ4n) is 3.03. The van der Waals surface area contributed by atoms with Crippen LogP contribution < -0.4 is 10.6 Å². The number of ether oxygens (including phenoxy) is 1. The van der Waals surface area contributed by atoms with Gasteiger partial charge >= 0.3 is 6.09 Å². The number of nitrogens with two attached hydrogens (primary N) is 1. The third-order valence-electron chi connectivity index (χ3n) is 3.92. The van der Waals surface area contributed by atoms with Crippen LogP contribution in [0.1, 0.15) is 38.9 Å². The number of rotatable bonds is 1. The largest absolute Gasteiger partial charge is 0.441 e. The Morgan fingerprint density at radius 3 is 2.62 bits per heavy atom. The predicted octanol–water partition coefficient (Wildman–Crippen LogP) is 3.87. The van der Waals surface area contributed by atoms with Crippen LogP contribution in [0.4, 0.5) is 14.9 Å². The van der Waals surface area contributed by atoms with Gasteiger partial charge in [-0.3, -0.25) is 0 Å². The lowest BCUT2D eigenvalue weighted by atomic mass is 9.78. The van der Waals surface area contributed by atoms with E-state index in [-0.39, 0.29) is 16.5 Å². The van der Waals surface area contributed by atoms with Crippen LogP contribution in [0.3, 0.4) is 0 Å². The van der Waals surface area contributed by atoms with Gasteiger partial charge in [-0.15, -0.1) is 0 Å². The van der Waals surface area contributed by atoms with Crippen molar-refractivity contribution >= 4 is 23.4 Å². The number of anilines is 1. The summed E-state index contributed by atoms with van der Waals surface area (Å²) in [6.07, 6.45) is -0.926. The maximum atomic E-state index is 14.4. The number of carbonyl (C=O) groups is 1. The molecule has 1 amide bonds. The van der Waals surface area contributed by atoms with Crippen molar-refractivity contribution in [3.05, 3.63) is 28.5 Å². The van der Waals surface area contributed by atoms with Gasteiger partial charge in [0.05, 0.1) is 5.69 Å². The van der Waals surface area contributed by atoms with Crippen molar-refractivity contribution in [2.24, 2.45) is 11.1 Å². The SMILES string of the molecule is CN1c2c(F)cc(Cl)cc2C(OC(N)=O)CC1C(C)(C)C. The summed E-state index contributed by atoms with van der Waals surface area (Å²) in [5.41, 5.74) is 6.00. The normalized spacial score (nSPS) is 21.9. The molecule has 0 aliphatic carbocycles. The molecule has 1 aliphatic heterocycles. The average molecular weight is 315 g/mol. The Hall–Kier alpha value is -1.49. The summed E-state index contributed by atoms with van der Waals surface area (Å²) < 4.78 is 19.5. The van der Waals surface area contributed by atoms with Gasteiger partial charge in [0.15, 0.2) is 0 Å². The van der Waals surface area contributed by atoms with Crippen molar-refractivity contribution in [3.8, 4) is 0 Å². The number of nitrogens with zero attached hydrogens (tertiary/aromatic N) is 1. The molecule has 0 fully saturated rings. The lowest BCUT2D eigenvalue weighted by molar-refractivity contribution is 0.0801. The molecular formula is C15H20ClFN2O2. The Kier molecular flexibility index (Phi) is 4.06. The molecule has 6 heteroatoms. The Morgan fingerprint density at radius 2 is 2.10 bits per heavy atom. The van der Waals surface area contributed by atoms with E-state index in [0.29, 0.717) is 17.7 Å². The van der Waals surface area contributed by atoms with Crippen LogP contribution in [-0.4, -0.2) is 19.2 Å². The lowest BCUT2D eigenvalue weighted by Gasteiger charge is -2.45. The maximum Gasteiger partial charge on any atom is 0.405 e. The second kappa shape index (κ2) is 5.37. The first kappa shape index (κ1) is 15.9. The van der Waals surface area contributed by atoms with E-state index in [1.165, 1.54) is 6.07 Å². The predicted molar refractivity (Wildman–Crippen MR) is 81.1 cm³/mol. The molecule has 116 valence electrons. The number of halogens is 2. The van der Waals surface area contributed by atoms with Crippen LogP contribution in [0.25, 0.3) is 0 Å². The molecule has 0 bridgehead atoms. The first-order valence-electron chi connectivity index (χ1n) is 6.79. The van der Waals surface area contributed by atoms with E-state index < -0.39 is 18.0 Å². The van der Waals surface area contributed by atoms with Gasteiger partial charge in [-0.1, -0.05) is 32.4 Å². The molecule has 0 spiro atoms. The third kappa shape index (κ3) is 3.07. The zero-order valence-electron chi connectivity index (χ0n) is 12.6. The number of primary amides is 1. The summed E-state index contributed by atoms with van der Waals surface area (Å²) >= 11 is 5.93. The number of carbonyl (C=O) groups excluding carboxylic acids is 1. The third-order valence-corrected chi connectivity index (χ3v) is 4.14. The number of benzene rings is 1. The molecule has 1 aliphatic rings. The minimum absolute atomic E-state index is 0.00465. The quantitative estimate of drug-likeness (QED) is 0.856. The average Bonchev–Trinajstić information content (AvgIpc) is 2.29. The smallest absolute Gasteiger partial charge is 0.405 e. The summed E-state index contributed by atoms with van der Waals surface area (Å²) in [4.78, 5) is 13.0. The van der Waals surface area contributed by atoms with Gasteiger partial charge in [-0.2, -0.15) is 0 Å². The second-order valence-corrected chi connectivity index (χ2v) is 6.92. The van der Waals surface area contributed by atoms with Crippen molar-refractivity contribution < 1.29 is 13.9 Å². The second-order valence-electron chi connectivity index (χ2n) is 6.48. The van der Waals surface area contributed by atoms with Gasteiger partial charge in [0, 0.05) is 30.1 Å². The zero-order chi connectivity index (χ0) is 15.9. The molecule has 21 heavy (non-hydrogen) atoms. The Labute approximate surface area is 129 Å². The molecule has 1 aromatic carbocycles. The Bertz CT molecular complexity index is 572. The van der Waals surface area contributed by atoms with Gasteiger partial charge in [-0.25, -0.2) is 9.18 Å². The van der Waals surface area contributed by atoms with E-state index in [0.717, 1.165) is 0 Å². The molecule has 1 heterocycles. The molecule has 2 rings (SSSR count). The molecule has 0 aromatic heterocycles. The van der Waals surface area contributed by atoms with E-state index in [9.17, 15) is 9.18 Å². The van der Waals surface area contributed by atoms with Crippen molar-refractivity contribution in [3.63, 3.8) is 0 Å². The van der Waals surface area contributed by atoms with Crippen molar-refractivity contribution in [1.29, 1.82) is 0 Å². The van der Waals surface area contributed by atoms with E-state index in [1.54, 1.807) is 6.07 Å².